The molecule has 1 N–H and O–H groups in total. The third-order valence-electron chi connectivity index (χ3n) is 3.41. The quantitative estimate of drug-likeness (QED) is 0.901. The number of nitrogens with zero attached hydrogens (tertiary/aromatic N) is 2. The third kappa shape index (κ3) is 3.69. The summed E-state index contributed by atoms with van der Waals surface area (Å²) in [7, 11) is 0. The van der Waals surface area contributed by atoms with E-state index in [-0.39, 0.29) is 17.4 Å². The predicted octanol–water partition coefficient (Wildman–Crippen LogP) is 1.42. The summed E-state index contributed by atoms with van der Waals surface area (Å²) in [6.45, 7) is 3.51. The molecule has 1 amide bonds. The highest BCUT2D eigenvalue weighted by atomic mass is 16.5. The summed E-state index contributed by atoms with van der Waals surface area (Å²) in [4.78, 5) is 28.0. The molecule has 1 saturated heterocycles. The van der Waals surface area contributed by atoms with Gasteiger partial charge in [0.2, 0.25) is 11.8 Å². The fourth-order valence-corrected chi connectivity index (χ4v) is 2.31. The number of pyridine rings is 1. The van der Waals surface area contributed by atoms with Gasteiger partial charge in [0.05, 0.1) is 12.2 Å². The number of amides is 1. The van der Waals surface area contributed by atoms with Gasteiger partial charge < -0.3 is 14.7 Å². The van der Waals surface area contributed by atoms with Crippen LogP contribution in [0.2, 0.25) is 0 Å². The van der Waals surface area contributed by atoms with E-state index in [1.807, 2.05) is 4.90 Å². The summed E-state index contributed by atoms with van der Waals surface area (Å²) in [5.41, 5.74) is 0.156. The van der Waals surface area contributed by atoms with Crippen LogP contribution in [0.5, 0.6) is 5.88 Å². The van der Waals surface area contributed by atoms with Crippen LogP contribution in [0, 0.1) is 5.92 Å². The van der Waals surface area contributed by atoms with Gasteiger partial charge in [-0.2, -0.15) is 0 Å². The van der Waals surface area contributed by atoms with Crippen LogP contribution in [-0.4, -0.2) is 46.6 Å². The SMILES string of the molecule is CC(=O)N1CCCC(COc2cc(C(=O)O)ccn2)C1. The van der Waals surface area contributed by atoms with Gasteiger partial charge in [0.1, 0.15) is 0 Å². The smallest absolute Gasteiger partial charge is 0.335 e. The first-order valence-electron chi connectivity index (χ1n) is 6.64. The highest BCUT2D eigenvalue weighted by molar-refractivity contribution is 5.87. The number of carboxylic acid groups (broad SMARTS) is 1. The molecule has 6 nitrogen and oxygen atoms in total. The van der Waals surface area contributed by atoms with Crippen molar-refractivity contribution >= 4 is 11.9 Å². The first kappa shape index (κ1) is 14.3. The van der Waals surface area contributed by atoms with E-state index in [0.717, 1.165) is 19.4 Å². The minimum Gasteiger partial charge on any atom is -0.478 e. The predicted molar refractivity (Wildman–Crippen MR) is 71.7 cm³/mol. The molecule has 2 rings (SSSR count). The molecule has 108 valence electrons. The highest BCUT2D eigenvalue weighted by Crippen LogP contribution is 2.18. The first-order chi connectivity index (χ1) is 9.56. The van der Waals surface area contributed by atoms with E-state index in [0.29, 0.717) is 19.0 Å². The zero-order valence-electron chi connectivity index (χ0n) is 11.4. The van der Waals surface area contributed by atoms with Crippen molar-refractivity contribution in [3.05, 3.63) is 23.9 Å². The van der Waals surface area contributed by atoms with Gasteiger partial charge in [-0.3, -0.25) is 4.79 Å². The van der Waals surface area contributed by atoms with E-state index in [2.05, 4.69) is 4.98 Å². The monoisotopic (exact) mass is 278 g/mol. The van der Waals surface area contributed by atoms with Gasteiger partial charge in [0.15, 0.2) is 0 Å². The molecule has 6 heteroatoms. The first-order valence-corrected chi connectivity index (χ1v) is 6.64. The molecule has 0 aliphatic carbocycles. The Hall–Kier alpha value is -2.11. The average molecular weight is 278 g/mol. The lowest BCUT2D eigenvalue weighted by Crippen LogP contribution is -2.40. The molecular weight excluding hydrogens is 260 g/mol. The van der Waals surface area contributed by atoms with E-state index in [1.54, 1.807) is 6.92 Å². The Balaban J connectivity index is 1.90. The largest absolute Gasteiger partial charge is 0.478 e. The summed E-state index contributed by atoms with van der Waals surface area (Å²) in [6, 6.07) is 2.83. The highest BCUT2D eigenvalue weighted by Gasteiger charge is 2.22. The molecule has 1 aliphatic heterocycles. The Morgan fingerprint density at radius 1 is 1.55 bits per heavy atom. The van der Waals surface area contributed by atoms with Crippen LogP contribution in [-0.2, 0) is 4.79 Å². The maximum absolute atomic E-state index is 11.3. The summed E-state index contributed by atoms with van der Waals surface area (Å²) in [6.07, 6.45) is 3.39. The maximum atomic E-state index is 11.3. The molecule has 1 aromatic rings. The zero-order valence-corrected chi connectivity index (χ0v) is 11.4. The molecular formula is C14H18N2O4. The van der Waals surface area contributed by atoms with Crippen molar-refractivity contribution in [1.29, 1.82) is 0 Å². The van der Waals surface area contributed by atoms with Crippen LogP contribution in [0.3, 0.4) is 0 Å². The second-order valence-electron chi connectivity index (χ2n) is 4.97. The number of likely N-dealkylation sites (tertiary alicyclic amines) is 1. The summed E-state index contributed by atoms with van der Waals surface area (Å²) in [5, 5.41) is 8.89. The molecule has 0 aromatic carbocycles. The molecule has 20 heavy (non-hydrogen) atoms. The van der Waals surface area contributed by atoms with Gasteiger partial charge in [-0.1, -0.05) is 0 Å². The van der Waals surface area contributed by atoms with Crippen LogP contribution < -0.4 is 4.74 Å². The molecule has 1 aliphatic rings. The van der Waals surface area contributed by atoms with Crippen molar-refractivity contribution in [3.63, 3.8) is 0 Å². The van der Waals surface area contributed by atoms with E-state index in [1.165, 1.54) is 18.3 Å². The van der Waals surface area contributed by atoms with Crippen LogP contribution in [0.4, 0.5) is 0 Å². The van der Waals surface area contributed by atoms with Crippen LogP contribution in [0.15, 0.2) is 18.3 Å². The maximum Gasteiger partial charge on any atom is 0.335 e. The van der Waals surface area contributed by atoms with Crippen molar-refractivity contribution in [3.8, 4) is 5.88 Å². The minimum atomic E-state index is -1.00. The Kier molecular flexibility index (Phi) is 4.55. The van der Waals surface area contributed by atoms with Crippen LogP contribution in [0.1, 0.15) is 30.1 Å². The Bertz CT molecular complexity index is 504. The number of rotatable bonds is 4. The second kappa shape index (κ2) is 6.36. The molecule has 0 saturated carbocycles. The lowest BCUT2D eigenvalue weighted by molar-refractivity contribution is -0.130. The number of aromatic nitrogens is 1. The van der Waals surface area contributed by atoms with Gasteiger partial charge in [0.25, 0.3) is 0 Å². The summed E-state index contributed by atoms with van der Waals surface area (Å²) in [5.74, 6) is -0.342. The normalized spacial score (nSPS) is 18.6. The number of ether oxygens (including phenoxy) is 1. The fraction of sp³-hybridized carbons (Fsp3) is 0.500. The molecule has 2 heterocycles. The van der Waals surface area contributed by atoms with Crippen molar-refractivity contribution < 1.29 is 19.4 Å². The molecule has 0 bridgehead atoms. The van der Waals surface area contributed by atoms with E-state index >= 15 is 0 Å². The van der Waals surface area contributed by atoms with Crippen LogP contribution >= 0.6 is 0 Å². The Labute approximate surface area is 117 Å². The topological polar surface area (TPSA) is 79.7 Å². The number of hydrogen-bond donors (Lipinski definition) is 1. The second-order valence-corrected chi connectivity index (χ2v) is 4.97. The molecule has 0 spiro atoms. The van der Waals surface area contributed by atoms with Crippen molar-refractivity contribution in [2.45, 2.75) is 19.8 Å². The van der Waals surface area contributed by atoms with Gasteiger partial charge in [0, 0.05) is 38.2 Å². The molecule has 1 fully saturated rings. The lowest BCUT2D eigenvalue weighted by atomic mass is 9.99. The van der Waals surface area contributed by atoms with Crippen molar-refractivity contribution in [1.82, 2.24) is 9.88 Å². The number of carbonyl (C=O) groups excluding carboxylic acids is 1. The third-order valence-corrected chi connectivity index (χ3v) is 3.41. The summed E-state index contributed by atoms with van der Waals surface area (Å²) >= 11 is 0. The van der Waals surface area contributed by atoms with Crippen LogP contribution in [0.25, 0.3) is 0 Å². The fourth-order valence-electron chi connectivity index (χ4n) is 2.31. The van der Waals surface area contributed by atoms with Gasteiger partial charge in [-0.15, -0.1) is 0 Å². The Morgan fingerprint density at radius 3 is 3.05 bits per heavy atom. The van der Waals surface area contributed by atoms with E-state index in [9.17, 15) is 9.59 Å². The number of aromatic carboxylic acids is 1. The van der Waals surface area contributed by atoms with Crippen molar-refractivity contribution in [2.24, 2.45) is 5.92 Å². The zero-order chi connectivity index (χ0) is 14.5. The van der Waals surface area contributed by atoms with Crippen molar-refractivity contribution in [2.75, 3.05) is 19.7 Å². The molecule has 1 atom stereocenters. The number of carbonyl (C=O) groups is 2. The molecule has 0 radical (unpaired) electrons. The number of carboxylic acids is 1. The molecule has 1 unspecified atom stereocenters. The standard InChI is InChI=1S/C14H18N2O4/c1-10(17)16-6-2-3-11(8-16)9-20-13-7-12(14(18)19)4-5-15-13/h4-5,7,11H,2-3,6,8-9H2,1H3,(H,18,19). The van der Waals surface area contributed by atoms with Gasteiger partial charge in [-0.25, -0.2) is 9.78 Å². The average Bonchev–Trinajstić information content (AvgIpc) is 2.45. The number of piperidine rings is 1. The Morgan fingerprint density at radius 2 is 2.35 bits per heavy atom. The van der Waals surface area contributed by atoms with Gasteiger partial charge >= 0.3 is 5.97 Å². The minimum absolute atomic E-state index is 0.0840. The van der Waals surface area contributed by atoms with E-state index < -0.39 is 5.97 Å². The van der Waals surface area contributed by atoms with Gasteiger partial charge in [-0.05, 0) is 18.9 Å². The lowest BCUT2D eigenvalue weighted by Gasteiger charge is -2.31. The molecule has 1 aromatic heterocycles. The summed E-state index contributed by atoms with van der Waals surface area (Å²) < 4.78 is 5.55. The van der Waals surface area contributed by atoms with E-state index in [4.69, 9.17) is 9.84 Å². The number of hydrogen-bond acceptors (Lipinski definition) is 4.